The summed E-state index contributed by atoms with van der Waals surface area (Å²) < 4.78 is 0. The van der Waals surface area contributed by atoms with Gasteiger partial charge in [-0.05, 0) is 12.8 Å². The van der Waals surface area contributed by atoms with Crippen LogP contribution in [0.15, 0.2) is 0 Å². The second kappa shape index (κ2) is 14.1. The first-order valence-electron chi connectivity index (χ1n) is 7.43. The Bertz CT molecular complexity index is 269. The van der Waals surface area contributed by atoms with Crippen LogP contribution in [0.2, 0.25) is 10.6 Å². The fourth-order valence-electron chi connectivity index (χ4n) is 1.80. The molecule has 2 heteroatoms. The number of rotatable bonds is 6. The van der Waals surface area contributed by atoms with Crippen molar-refractivity contribution in [3.8, 4) is 21.4 Å². The predicted molar refractivity (Wildman–Crippen MR) is 81.3 cm³/mol. The van der Waals surface area contributed by atoms with Crippen molar-refractivity contribution in [2.75, 3.05) is 0 Å². The van der Waals surface area contributed by atoms with Crippen LogP contribution in [0.1, 0.15) is 66.2 Å². The molecule has 0 aromatic heterocycles. The van der Waals surface area contributed by atoms with Crippen LogP contribution < -0.4 is 29.6 Å². The Hall–Kier alpha value is 0.652. The van der Waals surface area contributed by atoms with Crippen LogP contribution in [-0.4, -0.2) is 13.1 Å². The zero-order valence-corrected chi connectivity index (χ0v) is 16.4. The summed E-state index contributed by atoms with van der Waals surface area (Å²) in [7, 11) is 0. The van der Waals surface area contributed by atoms with Crippen molar-refractivity contribution in [1.29, 1.82) is 0 Å². The van der Waals surface area contributed by atoms with Gasteiger partial charge in [-0.2, -0.15) is 22.4 Å². The van der Waals surface area contributed by atoms with E-state index < -0.39 is 13.1 Å². The first-order chi connectivity index (χ1) is 8.24. The maximum Gasteiger partial charge on any atom is 1.00 e. The van der Waals surface area contributed by atoms with Crippen molar-refractivity contribution in [2.24, 2.45) is 0 Å². The normalized spacial score (nSPS) is 9.56. The van der Waals surface area contributed by atoms with Gasteiger partial charge in [-0.1, -0.05) is 26.7 Å². The fourth-order valence-corrected chi connectivity index (χ4v) is 4.33. The van der Waals surface area contributed by atoms with Crippen LogP contribution in [0, 0.1) is 21.4 Å². The molecule has 0 radical (unpaired) electrons. The fraction of sp³-hybridized carbons (Fsp3) is 0.750. The summed E-state index contributed by atoms with van der Waals surface area (Å²) >= 11 is -1.87. The van der Waals surface area contributed by atoms with E-state index in [4.69, 9.17) is 0 Å². The number of hydrogen-bond donors (Lipinski definition) is 0. The molecule has 0 aliphatic carbocycles. The van der Waals surface area contributed by atoms with Crippen LogP contribution in [-0.2, 0) is 0 Å². The maximum atomic E-state index is 3.59. The van der Waals surface area contributed by atoms with Gasteiger partial charge < -0.3 is 9.56 Å². The van der Waals surface area contributed by atoms with Crippen LogP contribution in [0.5, 0.6) is 0 Å². The molecule has 0 rings (SSSR count). The molecule has 0 heterocycles. The molecule has 0 aromatic carbocycles. The summed E-state index contributed by atoms with van der Waals surface area (Å²) in [6.07, 6.45) is 7.08. The van der Waals surface area contributed by atoms with Crippen molar-refractivity contribution >= 4 is 13.1 Å². The molecule has 0 saturated carbocycles. The molecule has 0 aromatic rings. The average molecular weight is 270 g/mol. The summed E-state index contributed by atoms with van der Waals surface area (Å²) in [5.74, 6) is 6.78. The largest absolute Gasteiger partial charge is 1.00 e. The van der Waals surface area contributed by atoms with E-state index >= 15 is 0 Å². The number of unbranched alkanes of at least 4 members (excludes halogenated alkanes) is 4. The third kappa shape index (κ3) is 9.57. The van der Waals surface area contributed by atoms with Gasteiger partial charge in [-0.15, -0.1) is 13.8 Å². The van der Waals surface area contributed by atoms with Crippen LogP contribution >= 0.6 is 0 Å². The van der Waals surface area contributed by atoms with E-state index in [2.05, 4.69) is 49.1 Å². The molecule has 0 amide bonds. The zero-order valence-electron chi connectivity index (χ0n) is 13.2. The van der Waals surface area contributed by atoms with Gasteiger partial charge in [0.1, 0.15) is 0 Å². The standard InChI is InChI=1S/2C6H9.2C2H5.Al.Na/c2*1-3-5-6-4-2;2*1-2;;/h2*3,5-6H2,1H3;2*1H2,2H3;;/q;;;;-1;+1. The number of hydrogen-bond acceptors (Lipinski definition) is 0. The van der Waals surface area contributed by atoms with E-state index in [9.17, 15) is 0 Å². The maximum absolute atomic E-state index is 3.59. The Kier molecular flexibility index (Phi) is 16.4. The van der Waals surface area contributed by atoms with Crippen molar-refractivity contribution in [3.05, 3.63) is 0 Å². The minimum absolute atomic E-state index is 0. The topological polar surface area (TPSA) is 0 Å². The first-order valence-corrected chi connectivity index (χ1v) is 10.2. The molecule has 96 valence electrons. The Morgan fingerprint density at radius 3 is 1.39 bits per heavy atom. The van der Waals surface area contributed by atoms with Crippen molar-refractivity contribution in [1.82, 2.24) is 0 Å². The van der Waals surface area contributed by atoms with E-state index in [0.717, 1.165) is 12.8 Å². The van der Waals surface area contributed by atoms with Gasteiger partial charge in [-0.25, -0.2) is 0 Å². The second-order valence-corrected chi connectivity index (χ2v) is 9.62. The van der Waals surface area contributed by atoms with Crippen LogP contribution in [0.25, 0.3) is 0 Å². The minimum Gasteiger partial charge on any atom is -0.337 e. The molecule has 18 heavy (non-hydrogen) atoms. The molecule has 0 unspecified atom stereocenters. The smallest absolute Gasteiger partial charge is 0.337 e. The Balaban J connectivity index is 0. The first kappa shape index (κ1) is 21.0. The molecule has 0 nitrogen and oxygen atoms in total. The quantitative estimate of drug-likeness (QED) is 0.393. The predicted octanol–water partition coefficient (Wildman–Crippen LogP) is 1.94. The van der Waals surface area contributed by atoms with Crippen LogP contribution in [0.4, 0.5) is 0 Å². The van der Waals surface area contributed by atoms with Gasteiger partial charge in [0.15, 0.2) is 0 Å². The summed E-state index contributed by atoms with van der Waals surface area (Å²) in [5.41, 5.74) is 0. The molecular weight excluding hydrogens is 242 g/mol. The van der Waals surface area contributed by atoms with Crippen LogP contribution in [0.3, 0.4) is 0 Å². The van der Waals surface area contributed by atoms with E-state index in [0.29, 0.717) is 0 Å². The zero-order chi connectivity index (χ0) is 13.0. The van der Waals surface area contributed by atoms with Gasteiger partial charge in [0.25, 0.3) is 0 Å². The third-order valence-electron chi connectivity index (χ3n) is 3.46. The molecule has 0 saturated heterocycles. The van der Waals surface area contributed by atoms with Gasteiger partial charge in [-0.3, -0.25) is 0 Å². The SMILES string of the molecule is CCCCC#[C][Al-]([C]#CCCCC)([CH2]C)[CH2]C.[Na+]. The van der Waals surface area contributed by atoms with Crippen molar-refractivity contribution in [2.45, 2.75) is 76.8 Å². The van der Waals surface area contributed by atoms with Gasteiger partial charge in [0.2, 0.25) is 0 Å². The molecular formula is C16H28AlNa. The van der Waals surface area contributed by atoms with E-state index in [-0.39, 0.29) is 29.6 Å². The average Bonchev–Trinajstić information content (AvgIpc) is 2.37. The summed E-state index contributed by atoms with van der Waals surface area (Å²) in [5, 5.41) is 2.42. The van der Waals surface area contributed by atoms with E-state index in [1.807, 2.05) is 0 Å². The van der Waals surface area contributed by atoms with Gasteiger partial charge in [0.05, 0.1) is 0 Å². The van der Waals surface area contributed by atoms with Gasteiger partial charge in [0, 0.05) is 12.8 Å². The molecule has 0 N–H and O–H groups in total. The summed E-state index contributed by atoms with van der Waals surface area (Å²) in [6.45, 7) is 8.99. The Morgan fingerprint density at radius 2 is 1.11 bits per heavy atom. The van der Waals surface area contributed by atoms with E-state index in [1.54, 1.807) is 0 Å². The van der Waals surface area contributed by atoms with Crippen molar-refractivity contribution < 1.29 is 29.6 Å². The molecule has 0 aliphatic heterocycles. The second-order valence-electron chi connectivity index (χ2n) is 4.92. The summed E-state index contributed by atoms with van der Waals surface area (Å²) in [6, 6.07) is 0. The Morgan fingerprint density at radius 1 is 0.722 bits per heavy atom. The summed E-state index contributed by atoms with van der Waals surface area (Å²) in [4.78, 5) is 7.17. The Labute approximate surface area is 140 Å². The minimum atomic E-state index is -1.87. The molecule has 0 bridgehead atoms. The molecule has 0 spiro atoms. The van der Waals surface area contributed by atoms with Gasteiger partial charge >= 0.3 is 42.6 Å². The molecule has 0 atom stereocenters. The molecule has 0 fully saturated rings. The monoisotopic (exact) mass is 270 g/mol. The van der Waals surface area contributed by atoms with Crippen molar-refractivity contribution in [3.63, 3.8) is 0 Å². The third-order valence-corrected chi connectivity index (χ3v) is 7.76. The van der Waals surface area contributed by atoms with E-state index in [1.165, 1.54) is 36.2 Å². The molecule has 0 aliphatic rings.